The van der Waals surface area contributed by atoms with Gasteiger partial charge >= 0.3 is 6.03 Å². The molecule has 1 aromatic carbocycles. The summed E-state index contributed by atoms with van der Waals surface area (Å²) >= 11 is 0. The van der Waals surface area contributed by atoms with Crippen molar-refractivity contribution in [2.24, 2.45) is 0 Å². The molecule has 8 heteroatoms. The number of hydrogen-bond donors (Lipinski definition) is 2. The maximum Gasteiger partial charge on any atom is 0.333 e. The van der Waals surface area contributed by atoms with E-state index in [-0.39, 0.29) is 5.91 Å². The normalized spacial score (nSPS) is 22.9. The molecule has 0 spiro atoms. The zero-order valence-electron chi connectivity index (χ0n) is 17.6. The SMILES string of the molecule is CC(=O)N1CCCC1(C)/C=C/S(=O)(=O)NC(=O)Nc1c2c(cc3c1CCC3)CCC2. The number of rotatable bonds is 4. The van der Waals surface area contributed by atoms with Crippen molar-refractivity contribution in [1.82, 2.24) is 9.62 Å². The number of likely N-dealkylation sites (tertiary alicyclic amines) is 1. The molecule has 4 rings (SSSR count). The van der Waals surface area contributed by atoms with E-state index in [4.69, 9.17) is 0 Å². The lowest BCUT2D eigenvalue weighted by Gasteiger charge is -2.31. The number of nitrogens with zero attached hydrogens (tertiary/aromatic N) is 1. The summed E-state index contributed by atoms with van der Waals surface area (Å²) in [6.07, 6.45) is 8.95. The molecule has 30 heavy (non-hydrogen) atoms. The van der Waals surface area contributed by atoms with E-state index >= 15 is 0 Å². The Morgan fingerprint density at radius 3 is 2.30 bits per heavy atom. The number of carbonyl (C=O) groups excluding carboxylic acids is 2. The van der Waals surface area contributed by atoms with E-state index in [0.717, 1.165) is 67.2 Å². The Kier molecular flexibility index (Phi) is 5.38. The van der Waals surface area contributed by atoms with Crippen molar-refractivity contribution >= 4 is 27.6 Å². The minimum absolute atomic E-state index is 0.0884. The molecule has 0 bridgehead atoms. The van der Waals surface area contributed by atoms with Gasteiger partial charge in [-0.1, -0.05) is 6.07 Å². The van der Waals surface area contributed by atoms with Gasteiger partial charge in [0.1, 0.15) is 0 Å². The summed E-state index contributed by atoms with van der Waals surface area (Å²) in [7, 11) is -3.98. The van der Waals surface area contributed by atoms with Gasteiger partial charge in [0.15, 0.2) is 0 Å². The molecule has 2 N–H and O–H groups in total. The Hall–Kier alpha value is -2.35. The molecule has 0 aromatic heterocycles. The van der Waals surface area contributed by atoms with Crippen LogP contribution in [0.1, 0.15) is 61.8 Å². The highest BCUT2D eigenvalue weighted by Crippen LogP contribution is 2.38. The van der Waals surface area contributed by atoms with Crippen LogP contribution in [-0.4, -0.2) is 37.3 Å². The molecule has 2 aliphatic carbocycles. The lowest BCUT2D eigenvalue weighted by Crippen LogP contribution is -2.42. The lowest BCUT2D eigenvalue weighted by molar-refractivity contribution is -0.131. The molecule has 1 aromatic rings. The third-order valence-corrected chi connectivity index (χ3v) is 7.58. The van der Waals surface area contributed by atoms with Crippen molar-refractivity contribution in [3.05, 3.63) is 39.8 Å². The van der Waals surface area contributed by atoms with E-state index in [2.05, 4.69) is 16.1 Å². The van der Waals surface area contributed by atoms with Crippen LogP contribution in [0.15, 0.2) is 17.6 Å². The van der Waals surface area contributed by atoms with Crippen LogP contribution in [0.3, 0.4) is 0 Å². The van der Waals surface area contributed by atoms with E-state index in [9.17, 15) is 18.0 Å². The number of hydrogen-bond acceptors (Lipinski definition) is 4. The molecule has 1 aliphatic heterocycles. The number of urea groups is 1. The van der Waals surface area contributed by atoms with Crippen LogP contribution < -0.4 is 10.0 Å². The smallest absolute Gasteiger partial charge is 0.333 e. The van der Waals surface area contributed by atoms with Gasteiger partial charge in [-0.15, -0.1) is 0 Å². The summed E-state index contributed by atoms with van der Waals surface area (Å²) < 4.78 is 27.1. The molecule has 0 radical (unpaired) electrons. The van der Waals surface area contributed by atoms with E-state index in [0.29, 0.717) is 13.0 Å². The Morgan fingerprint density at radius 2 is 1.70 bits per heavy atom. The molecule has 3 aliphatic rings. The number of sulfonamides is 1. The van der Waals surface area contributed by atoms with Gasteiger partial charge < -0.3 is 10.2 Å². The second-order valence-corrected chi connectivity index (χ2v) is 10.3. The summed E-state index contributed by atoms with van der Waals surface area (Å²) in [6.45, 7) is 3.92. The molecule has 1 unspecified atom stereocenters. The van der Waals surface area contributed by atoms with Crippen LogP contribution in [0.5, 0.6) is 0 Å². The molecule has 0 saturated carbocycles. The third kappa shape index (κ3) is 3.97. The Labute approximate surface area is 178 Å². The number of nitrogens with one attached hydrogen (secondary N) is 2. The van der Waals surface area contributed by atoms with E-state index in [1.807, 2.05) is 6.92 Å². The summed E-state index contributed by atoms with van der Waals surface area (Å²) in [4.78, 5) is 26.1. The fourth-order valence-electron chi connectivity index (χ4n) is 5.18. The van der Waals surface area contributed by atoms with Gasteiger partial charge in [0.05, 0.1) is 5.54 Å². The van der Waals surface area contributed by atoms with Crippen LogP contribution in [-0.2, 0) is 40.5 Å². The molecule has 7 nitrogen and oxygen atoms in total. The summed E-state index contributed by atoms with van der Waals surface area (Å²) in [5, 5.41) is 3.84. The molecular weight excluding hydrogens is 402 g/mol. The third-order valence-electron chi connectivity index (χ3n) is 6.61. The predicted molar refractivity (Wildman–Crippen MR) is 116 cm³/mol. The number of aryl methyl sites for hydroxylation is 2. The van der Waals surface area contributed by atoms with Crippen LogP contribution in [0.25, 0.3) is 0 Å². The van der Waals surface area contributed by atoms with Gasteiger partial charge in [0.2, 0.25) is 5.91 Å². The van der Waals surface area contributed by atoms with Crippen LogP contribution in [0.4, 0.5) is 10.5 Å². The maximum absolute atomic E-state index is 12.6. The Morgan fingerprint density at radius 1 is 1.07 bits per heavy atom. The van der Waals surface area contributed by atoms with Crippen molar-refractivity contribution < 1.29 is 18.0 Å². The Bertz CT molecular complexity index is 999. The summed E-state index contributed by atoms with van der Waals surface area (Å²) in [6, 6.07) is 1.52. The monoisotopic (exact) mass is 431 g/mol. The van der Waals surface area contributed by atoms with Crippen molar-refractivity contribution in [2.45, 2.75) is 70.8 Å². The van der Waals surface area contributed by atoms with Crippen molar-refractivity contribution in [1.29, 1.82) is 0 Å². The topological polar surface area (TPSA) is 95.6 Å². The summed E-state index contributed by atoms with van der Waals surface area (Å²) in [5.74, 6) is -0.0884. The fourth-order valence-corrected chi connectivity index (χ4v) is 6.03. The van der Waals surface area contributed by atoms with Crippen LogP contribution in [0.2, 0.25) is 0 Å². The number of benzene rings is 1. The molecule has 1 heterocycles. The zero-order chi connectivity index (χ0) is 21.5. The molecule has 1 atom stereocenters. The summed E-state index contributed by atoms with van der Waals surface area (Å²) in [5.41, 5.74) is 4.99. The first kappa shape index (κ1) is 20.9. The van der Waals surface area contributed by atoms with Gasteiger partial charge in [-0.05, 0) is 86.6 Å². The minimum atomic E-state index is -3.98. The quantitative estimate of drug-likeness (QED) is 0.766. The van der Waals surface area contributed by atoms with Gasteiger partial charge in [-0.2, -0.15) is 0 Å². The van der Waals surface area contributed by atoms with E-state index < -0.39 is 21.6 Å². The highest BCUT2D eigenvalue weighted by Gasteiger charge is 2.36. The zero-order valence-corrected chi connectivity index (χ0v) is 18.4. The second kappa shape index (κ2) is 7.72. The van der Waals surface area contributed by atoms with Crippen molar-refractivity contribution in [3.63, 3.8) is 0 Å². The highest BCUT2D eigenvalue weighted by molar-refractivity contribution is 7.92. The average molecular weight is 432 g/mol. The number of carbonyl (C=O) groups is 2. The number of fused-ring (bicyclic) bond motifs is 2. The first-order valence-electron chi connectivity index (χ1n) is 10.7. The standard InChI is InChI=1S/C22H29N3O4S/c1-15(26)25-12-5-10-22(25,2)11-13-30(28,29)24-21(27)23-20-18-8-3-6-16(18)14-17-7-4-9-19(17)20/h11,13-14H,3-10,12H2,1-2H3,(H2,23,24,27)/b13-11+. The predicted octanol–water partition coefficient (Wildman–Crippen LogP) is 3.03. The fraction of sp³-hybridized carbons (Fsp3) is 0.545. The molecule has 3 amide bonds. The van der Waals surface area contributed by atoms with Gasteiger partial charge in [-0.25, -0.2) is 17.9 Å². The average Bonchev–Trinajstić information content (AvgIpc) is 3.38. The van der Waals surface area contributed by atoms with E-state index in [1.54, 1.807) is 4.90 Å². The first-order valence-corrected chi connectivity index (χ1v) is 12.2. The van der Waals surface area contributed by atoms with Gasteiger partial charge in [-0.3, -0.25) is 4.79 Å². The molecular formula is C22H29N3O4S. The van der Waals surface area contributed by atoms with Crippen molar-refractivity contribution in [3.8, 4) is 0 Å². The van der Waals surface area contributed by atoms with Gasteiger partial charge in [0.25, 0.3) is 10.0 Å². The first-order chi connectivity index (χ1) is 14.2. The Balaban J connectivity index is 1.49. The molecule has 1 saturated heterocycles. The lowest BCUT2D eigenvalue weighted by atomic mass is 9.99. The molecule has 1 fully saturated rings. The van der Waals surface area contributed by atoms with E-state index in [1.165, 1.54) is 24.1 Å². The number of anilines is 1. The highest BCUT2D eigenvalue weighted by atomic mass is 32.2. The van der Waals surface area contributed by atoms with Crippen LogP contribution in [0, 0.1) is 0 Å². The minimum Gasteiger partial charge on any atom is -0.334 e. The van der Waals surface area contributed by atoms with Crippen LogP contribution >= 0.6 is 0 Å². The number of amides is 3. The van der Waals surface area contributed by atoms with Crippen molar-refractivity contribution in [2.75, 3.05) is 11.9 Å². The largest absolute Gasteiger partial charge is 0.334 e. The van der Waals surface area contributed by atoms with Gasteiger partial charge in [0, 0.05) is 24.6 Å². The second-order valence-electron chi connectivity index (χ2n) is 8.77. The maximum atomic E-state index is 12.6. The molecule has 162 valence electrons.